The Morgan fingerprint density at radius 3 is 3.05 bits per heavy atom. The van der Waals surface area contributed by atoms with Gasteiger partial charge in [0.05, 0.1) is 12.0 Å². The van der Waals surface area contributed by atoms with Crippen molar-refractivity contribution in [3.63, 3.8) is 0 Å². The first-order chi connectivity index (χ1) is 10.2. The highest BCUT2D eigenvalue weighted by Gasteiger charge is 2.28. The second-order valence-electron chi connectivity index (χ2n) is 5.86. The number of hydrogen-bond donors (Lipinski definition) is 1. The number of nitrogens with zero attached hydrogens (tertiary/aromatic N) is 2. The number of pyridine rings is 1. The molecule has 0 saturated carbocycles. The van der Waals surface area contributed by atoms with Crippen LogP contribution < -0.4 is 0 Å². The molecule has 1 N–H and O–H groups in total. The molecule has 0 amide bonds. The number of hydrogen-bond acceptors (Lipinski definition) is 4. The van der Waals surface area contributed by atoms with Crippen molar-refractivity contribution in [2.75, 3.05) is 6.54 Å². The van der Waals surface area contributed by atoms with E-state index in [9.17, 15) is 5.11 Å². The molecule has 1 saturated heterocycles. The maximum Gasteiger partial charge on any atom is 0.132 e. The largest absolute Gasteiger partial charge is 0.467 e. The zero-order valence-corrected chi connectivity index (χ0v) is 12.4. The molecule has 3 heterocycles. The number of rotatable bonds is 5. The third-order valence-corrected chi connectivity index (χ3v) is 4.20. The Balaban J connectivity index is 1.61. The van der Waals surface area contributed by atoms with Crippen LogP contribution in [0, 0.1) is 6.92 Å². The standard InChI is InChI=1S/C17H22N2O2/c1-13-6-7-14(18-11-13)12-19-8-2-4-15(19)10-16(20)17-5-3-9-21-17/h3,5-7,9,11,15-16,20H,2,4,8,10,12H2,1H3. The lowest BCUT2D eigenvalue weighted by atomic mass is 10.0. The molecule has 3 rings (SSSR count). The van der Waals surface area contributed by atoms with E-state index in [0.717, 1.165) is 31.6 Å². The number of furan rings is 1. The number of aromatic nitrogens is 1. The summed E-state index contributed by atoms with van der Waals surface area (Å²) in [6.07, 6.45) is 6.04. The summed E-state index contributed by atoms with van der Waals surface area (Å²) in [4.78, 5) is 6.90. The van der Waals surface area contributed by atoms with Gasteiger partial charge in [-0.15, -0.1) is 0 Å². The lowest BCUT2D eigenvalue weighted by molar-refractivity contribution is 0.0991. The SMILES string of the molecule is Cc1ccc(CN2CCCC2CC(O)c2ccco2)nc1. The number of aliphatic hydroxyl groups is 1. The van der Waals surface area contributed by atoms with Gasteiger partial charge in [-0.05, 0) is 56.5 Å². The Bertz CT molecular complexity index is 551. The van der Waals surface area contributed by atoms with E-state index < -0.39 is 6.10 Å². The maximum absolute atomic E-state index is 10.3. The average Bonchev–Trinajstić information content (AvgIpc) is 3.14. The molecule has 2 aromatic rings. The fourth-order valence-electron chi connectivity index (χ4n) is 3.03. The van der Waals surface area contributed by atoms with Crippen LogP contribution in [0.1, 0.15) is 42.4 Å². The minimum Gasteiger partial charge on any atom is -0.467 e. The number of likely N-dealkylation sites (tertiary alicyclic amines) is 1. The molecular formula is C17H22N2O2. The van der Waals surface area contributed by atoms with Crippen LogP contribution >= 0.6 is 0 Å². The highest BCUT2D eigenvalue weighted by Crippen LogP contribution is 2.28. The van der Waals surface area contributed by atoms with Gasteiger partial charge in [0.1, 0.15) is 11.9 Å². The molecule has 2 unspecified atom stereocenters. The molecule has 0 aromatic carbocycles. The van der Waals surface area contributed by atoms with E-state index in [1.165, 1.54) is 12.0 Å². The summed E-state index contributed by atoms with van der Waals surface area (Å²) in [7, 11) is 0. The molecule has 0 aliphatic carbocycles. The van der Waals surface area contributed by atoms with E-state index in [1.807, 2.05) is 18.3 Å². The molecule has 112 valence electrons. The summed E-state index contributed by atoms with van der Waals surface area (Å²) < 4.78 is 5.29. The van der Waals surface area contributed by atoms with E-state index in [0.29, 0.717) is 11.8 Å². The summed E-state index contributed by atoms with van der Waals surface area (Å²) in [5, 5.41) is 10.3. The van der Waals surface area contributed by atoms with Gasteiger partial charge in [0.15, 0.2) is 0 Å². The zero-order valence-electron chi connectivity index (χ0n) is 12.4. The molecule has 1 aliphatic heterocycles. The van der Waals surface area contributed by atoms with Crippen LogP contribution in [0.2, 0.25) is 0 Å². The van der Waals surface area contributed by atoms with Crippen molar-refractivity contribution in [2.45, 2.75) is 44.9 Å². The summed E-state index contributed by atoms with van der Waals surface area (Å²) in [5.74, 6) is 0.662. The fourth-order valence-corrected chi connectivity index (χ4v) is 3.03. The van der Waals surface area contributed by atoms with E-state index in [4.69, 9.17) is 4.42 Å². The summed E-state index contributed by atoms with van der Waals surface area (Å²) in [6, 6.07) is 8.25. The van der Waals surface area contributed by atoms with Crippen LogP contribution in [-0.4, -0.2) is 27.6 Å². The van der Waals surface area contributed by atoms with Crippen LogP contribution in [0.3, 0.4) is 0 Å². The topological polar surface area (TPSA) is 49.5 Å². The van der Waals surface area contributed by atoms with Crippen LogP contribution in [-0.2, 0) is 6.54 Å². The predicted octanol–water partition coefficient (Wildman–Crippen LogP) is 3.07. The molecular weight excluding hydrogens is 264 g/mol. The second kappa shape index (κ2) is 6.41. The van der Waals surface area contributed by atoms with E-state index in [2.05, 4.69) is 28.9 Å². The maximum atomic E-state index is 10.3. The highest BCUT2D eigenvalue weighted by molar-refractivity contribution is 5.12. The van der Waals surface area contributed by atoms with Gasteiger partial charge in [0, 0.05) is 18.8 Å². The first-order valence-electron chi connectivity index (χ1n) is 7.59. The van der Waals surface area contributed by atoms with Crippen molar-refractivity contribution in [3.8, 4) is 0 Å². The molecule has 4 nitrogen and oxygen atoms in total. The lowest BCUT2D eigenvalue weighted by Gasteiger charge is -2.25. The van der Waals surface area contributed by atoms with Crippen LogP contribution in [0.4, 0.5) is 0 Å². The molecule has 0 bridgehead atoms. The fraction of sp³-hybridized carbons (Fsp3) is 0.471. The van der Waals surface area contributed by atoms with Gasteiger partial charge >= 0.3 is 0 Å². The minimum atomic E-state index is -0.517. The lowest BCUT2D eigenvalue weighted by Crippen LogP contribution is -2.30. The number of aliphatic hydroxyl groups excluding tert-OH is 1. The third-order valence-electron chi connectivity index (χ3n) is 4.20. The first-order valence-corrected chi connectivity index (χ1v) is 7.59. The van der Waals surface area contributed by atoms with Gasteiger partial charge in [-0.25, -0.2) is 0 Å². The summed E-state index contributed by atoms with van der Waals surface area (Å²) in [6.45, 7) is 3.98. The molecule has 2 aromatic heterocycles. The van der Waals surface area contributed by atoms with Gasteiger partial charge in [-0.1, -0.05) is 6.07 Å². The quantitative estimate of drug-likeness (QED) is 0.917. The summed E-state index contributed by atoms with van der Waals surface area (Å²) in [5.41, 5.74) is 2.28. The van der Waals surface area contributed by atoms with Crippen LogP contribution in [0.15, 0.2) is 41.1 Å². The molecule has 2 atom stereocenters. The number of aryl methyl sites for hydroxylation is 1. The van der Waals surface area contributed by atoms with Crippen molar-refractivity contribution in [1.29, 1.82) is 0 Å². The van der Waals surface area contributed by atoms with Gasteiger partial charge in [-0.2, -0.15) is 0 Å². The molecule has 0 spiro atoms. The zero-order chi connectivity index (χ0) is 14.7. The van der Waals surface area contributed by atoms with Crippen molar-refractivity contribution in [3.05, 3.63) is 53.7 Å². The molecule has 1 aliphatic rings. The Kier molecular flexibility index (Phi) is 4.36. The van der Waals surface area contributed by atoms with E-state index in [-0.39, 0.29) is 0 Å². The van der Waals surface area contributed by atoms with E-state index >= 15 is 0 Å². The Morgan fingerprint density at radius 1 is 1.43 bits per heavy atom. The van der Waals surface area contributed by atoms with Gasteiger partial charge in [-0.3, -0.25) is 9.88 Å². The normalized spacial score (nSPS) is 20.8. The Labute approximate surface area is 125 Å². The van der Waals surface area contributed by atoms with Crippen molar-refractivity contribution in [1.82, 2.24) is 9.88 Å². The molecule has 21 heavy (non-hydrogen) atoms. The Morgan fingerprint density at radius 2 is 2.33 bits per heavy atom. The minimum absolute atomic E-state index is 0.396. The monoisotopic (exact) mass is 286 g/mol. The van der Waals surface area contributed by atoms with Crippen LogP contribution in [0.25, 0.3) is 0 Å². The van der Waals surface area contributed by atoms with Gasteiger partial charge < -0.3 is 9.52 Å². The molecule has 1 fully saturated rings. The smallest absolute Gasteiger partial charge is 0.132 e. The van der Waals surface area contributed by atoms with E-state index in [1.54, 1.807) is 6.26 Å². The highest BCUT2D eigenvalue weighted by atomic mass is 16.4. The average molecular weight is 286 g/mol. The second-order valence-corrected chi connectivity index (χ2v) is 5.86. The predicted molar refractivity (Wildman–Crippen MR) is 80.7 cm³/mol. The Hall–Kier alpha value is -1.65. The molecule has 0 radical (unpaired) electrons. The third kappa shape index (κ3) is 3.52. The van der Waals surface area contributed by atoms with Crippen molar-refractivity contribution < 1.29 is 9.52 Å². The van der Waals surface area contributed by atoms with Gasteiger partial charge in [0.2, 0.25) is 0 Å². The molecule has 4 heteroatoms. The van der Waals surface area contributed by atoms with Crippen molar-refractivity contribution in [2.24, 2.45) is 0 Å². The van der Waals surface area contributed by atoms with Crippen molar-refractivity contribution >= 4 is 0 Å². The van der Waals surface area contributed by atoms with Gasteiger partial charge in [0.25, 0.3) is 0 Å². The first kappa shape index (κ1) is 14.3. The van der Waals surface area contributed by atoms with Crippen LogP contribution in [0.5, 0.6) is 0 Å². The summed E-state index contributed by atoms with van der Waals surface area (Å²) >= 11 is 0.